The van der Waals surface area contributed by atoms with Crippen LogP contribution in [-0.2, 0) is 0 Å². The fraction of sp³-hybridized carbons (Fsp3) is 0. The molecular formula is C14H11N5O. The number of aromatic amines is 1. The number of hydrogen-bond donors (Lipinski definition) is 2. The largest absolute Gasteiger partial charge is 0.306 e. The van der Waals surface area contributed by atoms with Crippen LogP contribution in [0.4, 0.5) is 5.69 Å². The summed E-state index contributed by atoms with van der Waals surface area (Å²) in [5.41, 5.74) is 1.66. The third-order valence-electron chi connectivity index (χ3n) is 2.94. The first-order chi connectivity index (χ1) is 9.79. The van der Waals surface area contributed by atoms with E-state index in [0.29, 0.717) is 28.0 Å². The molecule has 20 heavy (non-hydrogen) atoms. The van der Waals surface area contributed by atoms with E-state index in [2.05, 4.69) is 20.3 Å². The molecule has 0 saturated heterocycles. The second-order valence-electron chi connectivity index (χ2n) is 4.16. The summed E-state index contributed by atoms with van der Waals surface area (Å²) in [5.74, 6) is 5.54. The van der Waals surface area contributed by atoms with E-state index in [1.807, 2.05) is 18.2 Å². The van der Waals surface area contributed by atoms with Crippen LogP contribution in [0.1, 0.15) is 0 Å². The maximum atomic E-state index is 12.1. The molecule has 2 aromatic carbocycles. The lowest BCUT2D eigenvalue weighted by Crippen LogP contribution is -2.09. The Bertz CT molecular complexity index is 853. The fourth-order valence-electron chi connectivity index (χ4n) is 2.04. The minimum Gasteiger partial charge on any atom is -0.306 e. The monoisotopic (exact) mass is 265 g/mol. The number of benzene rings is 2. The number of aromatic nitrogens is 2. The summed E-state index contributed by atoms with van der Waals surface area (Å²) in [7, 11) is 0. The SMILES string of the molecule is NN=Nc1ccccc1-c1nc2ccccc2c(=O)[nH]1. The quantitative estimate of drug-likeness (QED) is 0.423. The summed E-state index contributed by atoms with van der Waals surface area (Å²) >= 11 is 0. The Morgan fingerprint density at radius 1 is 1.05 bits per heavy atom. The van der Waals surface area contributed by atoms with Crippen LogP contribution in [0.2, 0.25) is 0 Å². The van der Waals surface area contributed by atoms with Crippen LogP contribution in [-0.4, -0.2) is 9.97 Å². The highest BCUT2D eigenvalue weighted by atomic mass is 16.1. The second kappa shape index (κ2) is 4.93. The Morgan fingerprint density at radius 2 is 1.80 bits per heavy atom. The summed E-state index contributed by atoms with van der Waals surface area (Å²) in [6.45, 7) is 0. The molecule has 0 aliphatic heterocycles. The van der Waals surface area contributed by atoms with E-state index in [0.717, 1.165) is 0 Å². The molecule has 3 rings (SSSR count). The van der Waals surface area contributed by atoms with Gasteiger partial charge in [0, 0.05) is 5.56 Å². The van der Waals surface area contributed by atoms with E-state index in [4.69, 9.17) is 5.84 Å². The fourth-order valence-corrected chi connectivity index (χ4v) is 2.04. The van der Waals surface area contributed by atoms with Crippen LogP contribution in [0, 0.1) is 0 Å². The zero-order valence-electron chi connectivity index (χ0n) is 10.4. The Kier molecular flexibility index (Phi) is 2.96. The van der Waals surface area contributed by atoms with Crippen molar-refractivity contribution < 1.29 is 0 Å². The van der Waals surface area contributed by atoms with Gasteiger partial charge in [-0.2, -0.15) is 0 Å². The zero-order valence-corrected chi connectivity index (χ0v) is 10.4. The lowest BCUT2D eigenvalue weighted by atomic mass is 10.1. The predicted molar refractivity (Wildman–Crippen MR) is 76.5 cm³/mol. The van der Waals surface area contributed by atoms with Crippen LogP contribution >= 0.6 is 0 Å². The second-order valence-corrected chi connectivity index (χ2v) is 4.16. The molecule has 98 valence electrons. The molecule has 6 nitrogen and oxygen atoms in total. The summed E-state index contributed by atoms with van der Waals surface area (Å²) in [4.78, 5) is 19.3. The van der Waals surface area contributed by atoms with E-state index >= 15 is 0 Å². The first-order valence-electron chi connectivity index (χ1n) is 5.99. The Balaban J connectivity index is 2.28. The number of para-hydroxylation sites is 1. The highest BCUT2D eigenvalue weighted by Gasteiger charge is 2.09. The van der Waals surface area contributed by atoms with Gasteiger partial charge in [-0.3, -0.25) is 4.79 Å². The highest BCUT2D eigenvalue weighted by Crippen LogP contribution is 2.27. The topological polar surface area (TPSA) is 96.5 Å². The zero-order chi connectivity index (χ0) is 13.9. The molecule has 3 aromatic rings. The average Bonchev–Trinajstić information content (AvgIpc) is 2.48. The molecule has 0 amide bonds. The van der Waals surface area contributed by atoms with Gasteiger partial charge >= 0.3 is 0 Å². The first-order valence-corrected chi connectivity index (χ1v) is 5.99. The summed E-state index contributed by atoms with van der Waals surface area (Å²) in [5, 5.41) is 7.67. The number of nitrogens with zero attached hydrogens (tertiary/aromatic N) is 3. The van der Waals surface area contributed by atoms with Crippen molar-refractivity contribution >= 4 is 16.6 Å². The molecule has 0 unspecified atom stereocenters. The van der Waals surface area contributed by atoms with Gasteiger partial charge in [0.15, 0.2) is 0 Å². The number of nitrogens with one attached hydrogen (secondary N) is 1. The molecular weight excluding hydrogens is 254 g/mol. The van der Waals surface area contributed by atoms with Crippen LogP contribution in [0.15, 0.2) is 63.7 Å². The third kappa shape index (κ3) is 2.03. The minimum absolute atomic E-state index is 0.190. The summed E-state index contributed by atoms with van der Waals surface area (Å²) < 4.78 is 0. The molecule has 0 radical (unpaired) electrons. The average molecular weight is 265 g/mol. The van der Waals surface area contributed by atoms with Crippen molar-refractivity contribution in [2.75, 3.05) is 0 Å². The molecule has 0 bridgehead atoms. The standard InChI is InChI=1S/C14H11N5O/c15-19-18-12-8-4-1-5-9(12)13-16-11-7-3-2-6-10(11)14(20)17-13/h1-8H,(H2,15,18)(H,16,17,20). The van der Waals surface area contributed by atoms with Crippen molar-refractivity contribution in [2.24, 2.45) is 16.2 Å². The van der Waals surface area contributed by atoms with E-state index in [1.165, 1.54) is 0 Å². The van der Waals surface area contributed by atoms with Gasteiger partial charge in [0.25, 0.3) is 5.56 Å². The Labute approximate surface area is 114 Å². The Morgan fingerprint density at radius 3 is 2.65 bits per heavy atom. The van der Waals surface area contributed by atoms with Crippen molar-refractivity contribution in [1.82, 2.24) is 9.97 Å². The molecule has 6 heteroatoms. The van der Waals surface area contributed by atoms with Crippen molar-refractivity contribution in [3.05, 3.63) is 58.9 Å². The van der Waals surface area contributed by atoms with E-state index in [-0.39, 0.29) is 5.56 Å². The number of H-pyrrole nitrogens is 1. The van der Waals surface area contributed by atoms with Crippen molar-refractivity contribution in [3.8, 4) is 11.4 Å². The predicted octanol–water partition coefficient (Wildman–Crippen LogP) is 2.55. The van der Waals surface area contributed by atoms with Crippen molar-refractivity contribution in [2.45, 2.75) is 0 Å². The van der Waals surface area contributed by atoms with Crippen LogP contribution in [0.5, 0.6) is 0 Å². The first kappa shape index (κ1) is 12.0. The highest BCUT2D eigenvalue weighted by molar-refractivity contribution is 5.81. The summed E-state index contributed by atoms with van der Waals surface area (Å²) in [6.07, 6.45) is 0. The lowest BCUT2D eigenvalue weighted by Gasteiger charge is -2.05. The van der Waals surface area contributed by atoms with Gasteiger partial charge in [0.05, 0.1) is 16.6 Å². The molecule has 1 aromatic heterocycles. The maximum absolute atomic E-state index is 12.1. The van der Waals surface area contributed by atoms with Gasteiger partial charge in [0.1, 0.15) is 5.82 Å². The molecule has 0 saturated carbocycles. The number of nitrogens with two attached hydrogens (primary N) is 1. The Hall–Kier alpha value is -3.02. The molecule has 0 spiro atoms. The van der Waals surface area contributed by atoms with Gasteiger partial charge in [-0.15, -0.1) is 5.11 Å². The minimum atomic E-state index is -0.190. The summed E-state index contributed by atoms with van der Waals surface area (Å²) in [6, 6.07) is 14.4. The van der Waals surface area contributed by atoms with E-state index < -0.39 is 0 Å². The third-order valence-corrected chi connectivity index (χ3v) is 2.94. The van der Waals surface area contributed by atoms with Gasteiger partial charge < -0.3 is 10.8 Å². The van der Waals surface area contributed by atoms with Gasteiger partial charge in [0.2, 0.25) is 0 Å². The molecule has 3 N–H and O–H groups in total. The van der Waals surface area contributed by atoms with Crippen molar-refractivity contribution in [1.29, 1.82) is 0 Å². The smallest absolute Gasteiger partial charge is 0.259 e. The van der Waals surface area contributed by atoms with Crippen LogP contribution < -0.4 is 11.4 Å². The van der Waals surface area contributed by atoms with Crippen molar-refractivity contribution in [3.63, 3.8) is 0 Å². The molecule has 1 heterocycles. The molecule has 0 aliphatic rings. The van der Waals surface area contributed by atoms with E-state index in [9.17, 15) is 4.79 Å². The number of rotatable bonds is 2. The number of hydrogen-bond acceptors (Lipinski definition) is 4. The molecule has 0 aliphatic carbocycles. The lowest BCUT2D eigenvalue weighted by molar-refractivity contribution is 1.06. The van der Waals surface area contributed by atoms with Gasteiger partial charge in [-0.25, -0.2) is 4.98 Å². The molecule has 0 atom stereocenters. The van der Waals surface area contributed by atoms with E-state index in [1.54, 1.807) is 30.3 Å². The van der Waals surface area contributed by atoms with Gasteiger partial charge in [-0.1, -0.05) is 29.5 Å². The van der Waals surface area contributed by atoms with Crippen LogP contribution in [0.3, 0.4) is 0 Å². The maximum Gasteiger partial charge on any atom is 0.259 e. The number of fused-ring (bicyclic) bond motifs is 1. The normalized spacial score (nSPS) is 11.2. The van der Waals surface area contributed by atoms with Crippen LogP contribution in [0.25, 0.3) is 22.3 Å². The molecule has 0 fully saturated rings. The van der Waals surface area contributed by atoms with Gasteiger partial charge in [-0.05, 0) is 24.3 Å².